The van der Waals surface area contributed by atoms with E-state index < -0.39 is 0 Å². The van der Waals surface area contributed by atoms with Crippen LogP contribution in [0.2, 0.25) is 0 Å². The van der Waals surface area contributed by atoms with Gasteiger partial charge in [0, 0.05) is 16.6 Å². The van der Waals surface area contributed by atoms with Gasteiger partial charge in [0.15, 0.2) is 5.82 Å². The summed E-state index contributed by atoms with van der Waals surface area (Å²) in [5.74, 6) is 3.30. The van der Waals surface area contributed by atoms with Gasteiger partial charge in [0.2, 0.25) is 0 Å². The van der Waals surface area contributed by atoms with Crippen LogP contribution < -0.4 is 5.32 Å². The zero-order valence-electron chi connectivity index (χ0n) is 16.8. The Hall–Kier alpha value is -3.14. The third-order valence-electron chi connectivity index (χ3n) is 5.97. The summed E-state index contributed by atoms with van der Waals surface area (Å²) in [6.07, 6.45) is 6.32. The van der Waals surface area contributed by atoms with Crippen LogP contribution in [0.5, 0.6) is 0 Å². The Morgan fingerprint density at radius 3 is 2.52 bits per heavy atom. The SMILES string of the molecule is CCc1[nH]c(Nc2nc(-c3ccccc3)nc3ccccc23)cc1C1CCCC1. The molecule has 0 bridgehead atoms. The topological polar surface area (TPSA) is 53.6 Å². The van der Waals surface area contributed by atoms with Crippen LogP contribution in [0.25, 0.3) is 22.3 Å². The van der Waals surface area contributed by atoms with Gasteiger partial charge in [0.05, 0.1) is 5.52 Å². The lowest BCUT2D eigenvalue weighted by Gasteiger charge is -2.10. The molecule has 0 radical (unpaired) electrons. The molecule has 4 heteroatoms. The summed E-state index contributed by atoms with van der Waals surface area (Å²) in [5.41, 5.74) is 4.80. The van der Waals surface area contributed by atoms with Crippen LogP contribution in [-0.4, -0.2) is 15.0 Å². The third-order valence-corrected chi connectivity index (χ3v) is 5.97. The quantitative estimate of drug-likeness (QED) is 0.409. The molecule has 1 saturated carbocycles. The largest absolute Gasteiger partial charge is 0.345 e. The Balaban J connectivity index is 1.56. The van der Waals surface area contributed by atoms with E-state index in [-0.39, 0.29) is 0 Å². The number of aromatic amines is 1. The molecule has 2 N–H and O–H groups in total. The fourth-order valence-corrected chi connectivity index (χ4v) is 4.49. The number of hydrogen-bond donors (Lipinski definition) is 2. The van der Waals surface area contributed by atoms with Gasteiger partial charge in [0.25, 0.3) is 0 Å². The summed E-state index contributed by atoms with van der Waals surface area (Å²) < 4.78 is 0. The molecule has 1 aliphatic rings. The highest BCUT2D eigenvalue weighted by molar-refractivity contribution is 5.92. The minimum atomic E-state index is 0.693. The molecule has 0 aliphatic heterocycles. The van der Waals surface area contributed by atoms with Crippen molar-refractivity contribution in [2.45, 2.75) is 44.9 Å². The van der Waals surface area contributed by atoms with Crippen molar-refractivity contribution in [2.24, 2.45) is 0 Å². The number of nitrogens with one attached hydrogen (secondary N) is 2. The monoisotopic (exact) mass is 382 g/mol. The molecule has 0 amide bonds. The fourth-order valence-electron chi connectivity index (χ4n) is 4.49. The van der Waals surface area contributed by atoms with Crippen LogP contribution in [0, 0.1) is 0 Å². The molecule has 2 aromatic heterocycles. The van der Waals surface area contributed by atoms with Gasteiger partial charge in [-0.3, -0.25) is 0 Å². The molecule has 29 heavy (non-hydrogen) atoms. The van der Waals surface area contributed by atoms with Crippen molar-refractivity contribution in [3.05, 3.63) is 71.9 Å². The molecule has 1 aliphatic carbocycles. The molecule has 0 saturated heterocycles. The van der Waals surface area contributed by atoms with Gasteiger partial charge in [-0.1, -0.05) is 62.2 Å². The number of para-hydroxylation sites is 1. The predicted octanol–water partition coefficient (Wildman–Crippen LogP) is 6.59. The maximum Gasteiger partial charge on any atom is 0.162 e. The van der Waals surface area contributed by atoms with Crippen LogP contribution in [-0.2, 0) is 6.42 Å². The molecule has 4 aromatic rings. The average molecular weight is 383 g/mol. The first-order valence-corrected chi connectivity index (χ1v) is 10.6. The summed E-state index contributed by atoms with van der Waals surface area (Å²) in [5, 5.41) is 4.60. The molecule has 5 rings (SSSR count). The normalized spacial score (nSPS) is 14.5. The fraction of sp³-hybridized carbons (Fsp3) is 0.280. The summed E-state index contributed by atoms with van der Waals surface area (Å²) in [6, 6.07) is 20.6. The van der Waals surface area contributed by atoms with E-state index in [4.69, 9.17) is 9.97 Å². The second-order valence-electron chi connectivity index (χ2n) is 7.86. The molecule has 146 valence electrons. The number of H-pyrrole nitrogens is 1. The first-order chi connectivity index (χ1) is 14.3. The number of aryl methyl sites for hydroxylation is 1. The Kier molecular flexibility index (Phi) is 4.76. The molecule has 1 fully saturated rings. The zero-order chi connectivity index (χ0) is 19.6. The maximum atomic E-state index is 4.89. The highest BCUT2D eigenvalue weighted by atomic mass is 15.1. The van der Waals surface area contributed by atoms with Crippen LogP contribution in [0.15, 0.2) is 60.7 Å². The predicted molar refractivity (Wildman–Crippen MR) is 120 cm³/mol. The van der Waals surface area contributed by atoms with Gasteiger partial charge < -0.3 is 10.3 Å². The number of nitrogens with zero attached hydrogens (tertiary/aromatic N) is 2. The van der Waals surface area contributed by atoms with Crippen molar-refractivity contribution in [1.29, 1.82) is 0 Å². The minimum Gasteiger partial charge on any atom is -0.345 e. The zero-order valence-corrected chi connectivity index (χ0v) is 16.8. The van der Waals surface area contributed by atoms with Crippen LogP contribution in [0.1, 0.15) is 49.8 Å². The highest BCUT2D eigenvalue weighted by Crippen LogP contribution is 2.38. The number of aromatic nitrogens is 3. The van der Waals surface area contributed by atoms with Crippen molar-refractivity contribution < 1.29 is 0 Å². The first kappa shape index (κ1) is 17.9. The Morgan fingerprint density at radius 2 is 1.72 bits per heavy atom. The number of fused-ring (bicyclic) bond motifs is 1. The van der Waals surface area contributed by atoms with Crippen molar-refractivity contribution in [3.8, 4) is 11.4 Å². The second-order valence-corrected chi connectivity index (χ2v) is 7.86. The maximum absolute atomic E-state index is 4.89. The van der Waals surface area contributed by atoms with E-state index in [9.17, 15) is 0 Å². The molecule has 0 unspecified atom stereocenters. The Morgan fingerprint density at radius 1 is 0.966 bits per heavy atom. The molecule has 4 nitrogen and oxygen atoms in total. The highest BCUT2D eigenvalue weighted by Gasteiger charge is 2.22. The van der Waals surface area contributed by atoms with Crippen molar-refractivity contribution in [2.75, 3.05) is 5.32 Å². The number of rotatable bonds is 5. The van der Waals surface area contributed by atoms with Gasteiger partial charge in [-0.2, -0.15) is 0 Å². The van der Waals surface area contributed by atoms with E-state index in [1.165, 1.54) is 36.9 Å². The van der Waals surface area contributed by atoms with E-state index >= 15 is 0 Å². The lowest BCUT2D eigenvalue weighted by molar-refractivity contribution is 0.713. The molecule has 2 heterocycles. The van der Waals surface area contributed by atoms with Crippen LogP contribution in [0.4, 0.5) is 11.6 Å². The van der Waals surface area contributed by atoms with E-state index in [1.54, 1.807) is 0 Å². The summed E-state index contributed by atoms with van der Waals surface area (Å²) in [7, 11) is 0. The smallest absolute Gasteiger partial charge is 0.162 e. The average Bonchev–Trinajstić information content (AvgIpc) is 3.44. The lowest BCUT2D eigenvalue weighted by Crippen LogP contribution is -1.99. The standard InChI is InChI=1S/C25H26N4/c1-2-21-20(17-10-6-7-11-17)16-23(26-21)28-25-19-14-8-9-15-22(19)27-24(29-25)18-12-4-3-5-13-18/h3-5,8-9,12-17,26H,2,6-7,10-11H2,1H3,(H,27,28,29). The number of anilines is 2. The van der Waals surface area contributed by atoms with E-state index in [1.807, 2.05) is 36.4 Å². The molecule has 2 aromatic carbocycles. The molecule has 0 spiro atoms. The Labute approximate surface area is 171 Å². The minimum absolute atomic E-state index is 0.693. The number of benzene rings is 2. The first-order valence-electron chi connectivity index (χ1n) is 10.6. The van der Waals surface area contributed by atoms with Crippen LogP contribution in [0.3, 0.4) is 0 Å². The van der Waals surface area contributed by atoms with Gasteiger partial charge in [-0.05, 0) is 48.9 Å². The summed E-state index contributed by atoms with van der Waals surface area (Å²) in [4.78, 5) is 13.3. The van der Waals surface area contributed by atoms with Crippen molar-refractivity contribution >= 4 is 22.5 Å². The van der Waals surface area contributed by atoms with Gasteiger partial charge in [-0.15, -0.1) is 0 Å². The van der Waals surface area contributed by atoms with Gasteiger partial charge >= 0.3 is 0 Å². The van der Waals surface area contributed by atoms with Gasteiger partial charge in [-0.25, -0.2) is 9.97 Å². The van der Waals surface area contributed by atoms with Gasteiger partial charge in [0.1, 0.15) is 11.6 Å². The summed E-state index contributed by atoms with van der Waals surface area (Å²) in [6.45, 7) is 2.22. The third kappa shape index (κ3) is 3.51. The van der Waals surface area contributed by atoms with E-state index in [0.29, 0.717) is 5.92 Å². The molecule has 0 atom stereocenters. The van der Waals surface area contributed by atoms with E-state index in [2.05, 4.69) is 41.5 Å². The lowest BCUT2D eigenvalue weighted by atomic mass is 9.97. The number of hydrogen-bond acceptors (Lipinski definition) is 3. The molecular formula is C25H26N4. The van der Waals surface area contributed by atoms with E-state index in [0.717, 1.165) is 40.3 Å². The van der Waals surface area contributed by atoms with Crippen LogP contribution >= 0.6 is 0 Å². The summed E-state index contributed by atoms with van der Waals surface area (Å²) >= 11 is 0. The van der Waals surface area contributed by atoms with Crippen molar-refractivity contribution in [3.63, 3.8) is 0 Å². The van der Waals surface area contributed by atoms with Crippen molar-refractivity contribution in [1.82, 2.24) is 15.0 Å². The molecular weight excluding hydrogens is 356 g/mol. The Bertz CT molecular complexity index is 1120. The second kappa shape index (κ2) is 7.70.